The number of aromatic nitrogens is 4. The van der Waals surface area contributed by atoms with Crippen molar-refractivity contribution in [3.8, 4) is 16.8 Å². The molecule has 2 N–H and O–H groups in total. The quantitative estimate of drug-likeness (QED) is 0.297. The minimum absolute atomic E-state index is 0.0170. The summed E-state index contributed by atoms with van der Waals surface area (Å²) in [6, 6.07) is 12.9. The largest absolute Gasteiger partial charge is 0.478 e. The lowest BCUT2D eigenvalue weighted by atomic mass is 10.0. The van der Waals surface area contributed by atoms with Crippen LogP contribution in [0.2, 0.25) is 0 Å². The second kappa shape index (κ2) is 9.22. The Morgan fingerprint density at radius 1 is 1.03 bits per heavy atom. The molecule has 0 aliphatic carbocycles. The summed E-state index contributed by atoms with van der Waals surface area (Å²) < 4.78 is 22.0. The molecule has 38 heavy (non-hydrogen) atoms. The van der Waals surface area contributed by atoms with Crippen LogP contribution >= 0.6 is 0 Å². The van der Waals surface area contributed by atoms with Crippen LogP contribution < -0.4 is 5.32 Å². The minimum Gasteiger partial charge on any atom is -0.478 e. The van der Waals surface area contributed by atoms with Crippen LogP contribution in [0.25, 0.3) is 38.8 Å². The van der Waals surface area contributed by atoms with Gasteiger partial charge in [0.2, 0.25) is 0 Å². The van der Waals surface area contributed by atoms with E-state index in [0.717, 1.165) is 0 Å². The molecule has 2 aromatic carbocycles. The van der Waals surface area contributed by atoms with Crippen LogP contribution in [0.5, 0.6) is 0 Å². The topological polar surface area (TPSA) is 119 Å². The van der Waals surface area contributed by atoms with Gasteiger partial charge in [-0.25, -0.2) is 23.9 Å². The fraction of sp³-hybridized carbons (Fsp3) is 0.179. The number of fused-ring (bicyclic) bond motifs is 2. The molecule has 0 aliphatic heterocycles. The Labute approximate surface area is 216 Å². The lowest BCUT2D eigenvalue weighted by Crippen LogP contribution is -2.27. The number of nitrogens with one attached hydrogen (secondary N) is 1. The number of aryl methyl sites for hydroxylation is 1. The molecule has 3 heterocycles. The van der Waals surface area contributed by atoms with Crippen molar-refractivity contribution in [1.82, 2.24) is 19.5 Å². The van der Waals surface area contributed by atoms with Crippen molar-refractivity contribution in [2.75, 3.05) is 5.32 Å². The summed E-state index contributed by atoms with van der Waals surface area (Å²) in [5.41, 5.74) is 2.14. The molecule has 0 unspecified atom stereocenters. The second-order valence-electron chi connectivity index (χ2n) is 9.71. The summed E-state index contributed by atoms with van der Waals surface area (Å²) in [4.78, 5) is 37.5. The fourth-order valence-electron chi connectivity index (χ4n) is 4.35. The number of pyridine rings is 2. The van der Waals surface area contributed by atoms with Gasteiger partial charge in [-0.05, 0) is 81.3 Å². The number of hydrogen-bond donors (Lipinski definition) is 2. The molecule has 0 fully saturated rings. The Morgan fingerprint density at radius 3 is 2.53 bits per heavy atom. The van der Waals surface area contributed by atoms with Gasteiger partial charge >= 0.3 is 12.1 Å². The summed E-state index contributed by atoms with van der Waals surface area (Å²) in [7, 11) is 0. The van der Waals surface area contributed by atoms with Crippen molar-refractivity contribution < 1.29 is 23.8 Å². The van der Waals surface area contributed by atoms with Gasteiger partial charge in [-0.1, -0.05) is 6.07 Å². The highest BCUT2D eigenvalue weighted by atomic mass is 19.1. The van der Waals surface area contributed by atoms with Crippen molar-refractivity contribution in [2.45, 2.75) is 33.3 Å². The summed E-state index contributed by atoms with van der Waals surface area (Å²) in [6.07, 6.45) is 2.41. The predicted molar refractivity (Wildman–Crippen MR) is 141 cm³/mol. The lowest BCUT2D eigenvalue weighted by Gasteiger charge is -2.19. The van der Waals surface area contributed by atoms with Crippen LogP contribution in [0.3, 0.4) is 0 Å². The first-order valence-electron chi connectivity index (χ1n) is 11.8. The van der Waals surface area contributed by atoms with E-state index in [2.05, 4.69) is 20.3 Å². The number of amides is 1. The number of hydrogen-bond acceptors (Lipinski definition) is 6. The van der Waals surface area contributed by atoms with Crippen molar-refractivity contribution in [1.29, 1.82) is 0 Å². The number of ether oxygens (including phenoxy) is 1. The number of anilines is 1. The van der Waals surface area contributed by atoms with Gasteiger partial charge in [-0.3, -0.25) is 14.9 Å². The first-order chi connectivity index (χ1) is 18.0. The third-order valence-electron chi connectivity index (χ3n) is 5.82. The normalized spacial score (nSPS) is 11.6. The summed E-state index contributed by atoms with van der Waals surface area (Å²) in [6.45, 7) is 6.99. The lowest BCUT2D eigenvalue weighted by molar-refractivity contribution is 0.0633. The third kappa shape index (κ3) is 4.63. The third-order valence-corrected chi connectivity index (χ3v) is 5.82. The van der Waals surface area contributed by atoms with E-state index in [-0.39, 0.29) is 16.9 Å². The molecule has 192 valence electrons. The van der Waals surface area contributed by atoms with Crippen molar-refractivity contribution in [2.24, 2.45) is 0 Å². The van der Waals surface area contributed by atoms with Crippen molar-refractivity contribution in [3.63, 3.8) is 0 Å². The maximum Gasteiger partial charge on any atom is 0.413 e. The smallest absolute Gasteiger partial charge is 0.413 e. The molecular weight excluding hydrogens is 489 g/mol. The SMILES string of the molecule is Cc1nc2c(C(=O)O)cc(-c3ccnc(NC(=O)OC(C)(C)C)c3)cc2n1-c1ccnc2cccc(F)c12. The monoisotopic (exact) mass is 513 g/mol. The van der Waals surface area contributed by atoms with Gasteiger partial charge in [0.05, 0.1) is 27.7 Å². The predicted octanol–water partition coefficient (Wildman–Crippen LogP) is 6.13. The maximum atomic E-state index is 15.0. The molecule has 9 nitrogen and oxygen atoms in total. The zero-order chi connectivity index (χ0) is 27.2. The summed E-state index contributed by atoms with van der Waals surface area (Å²) in [5.74, 6) is -0.889. The van der Waals surface area contributed by atoms with Crippen LogP contribution in [0.1, 0.15) is 37.0 Å². The highest BCUT2D eigenvalue weighted by Crippen LogP contribution is 2.33. The van der Waals surface area contributed by atoms with E-state index >= 15 is 0 Å². The summed E-state index contributed by atoms with van der Waals surface area (Å²) >= 11 is 0. The highest BCUT2D eigenvalue weighted by Gasteiger charge is 2.21. The number of imidazole rings is 1. The number of halogens is 1. The first kappa shape index (κ1) is 24.8. The Kier molecular flexibility index (Phi) is 6.02. The van der Waals surface area contributed by atoms with Crippen LogP contribution in [0.15, 0.2) is 60.9 Å². The van der Waals surface area contributed by atoms with Gasteiger partial charge in [0.25, 0.3) is 0 Å². The van der Waals surface area contributed by atoms with Gasteiger partial charge in [0.1, 0.15) is 28.6 Å². The number of carboxylic acid groups (broad SMARTS) is 1. The number of nitrogens with zero attached hydrogens (tertiary/aromatic N) is 4. The zero-order valence-corrected chi connectivity index (χ0v) is 21.1. The molecule has 0 bridgehead atoms. The molecular formula is C28H24FN5O4. The molecule has 0 saturated carbocycles. The highest BCUT2D eigenvalue weighted by molar-refractivity contribution is 6.04. The van der Waals surface area contributed by atoms with E-state index in [9.17, 15) is 19.1 Å². The molecule has 0 atom stereocenters. The second-order valence-corrected chi connectivity index (χ2v) is 9.71. The molecule has 0 radical (unpaired) electrons. The first-order valence-corrected chi connectivity index (χ1v) is 11.8. The van der Waals surface area contributed by atoms with Crippen LogP contribution in [0, 0.1) is 12.7 Å². The molecule has 3 aromatic heterocycles. The fourth-order valence-corrected chi connectivity index (χ4v) is 4.35. The van der Waals surface area contributed by atoms with E-state index in [4.69, 9.17) is 4.74 Å². The van der Waals surface area contributed by atoms with Crippen molar-refractivity contribution >= 4 is 39.8 Å². The number of carbonyl (C=O) groups is 2. The minimum atomic E-state index is -1.16. The van der Waals surface area contributed by atoms with Gasteiger partial charge in [-0.15, -0.1) is 0 Å². The van der Waals surface area contributed by atoms with Crippen molar-refractivity contribution in [3.05, 3.63) is 78.1 Å². The Hall–Kier alpha value is -4.86. The average Bonchev–Trinajstić information content (AvgIpc) is 3.17. The van der Waals surface area contributed by atoms with Gasteiger partial charge < -0.3 is 9.84 Å². The van der Waals surface area contributed by atoms with Gasteiger partial charge in [-0.2, -0.15) is 0 Å². The number of aromatic carboxylic acids is 1. The van der Waals surface area contributed by atoms with Gasteiger partial charge in [0.15, 0.2) is 0 Å². The van der Waals surface area contributed by atoms with Gasteiger partial charge in [0, 0.05) is 12.4 Å². The maximum absolute atomic E-state index is 15.0. The molecule has 0 saturated heterocycles. The van der Waals surface area contributed by atoms with E-state index in [1.165, 1.54) is 18.3 Å². The molecule has 5 aromatic rings. The number of rotatable bonds is 4. The van der Waals surface area contributed by atoms with Crippen LogP contribution in [0.4, 0.5) is 15.0 Å². The average molecular weight is 514 g/mol. The number of carbonyl (C=O) groups excluding carboxylic acids is 1. The number of benzene rings is 2. The van der Waals surface area contributed by atoms with E-state index < -0.39 is 23.5 Å². The van der Waals surface area contributed by atoms with E-state index in [1.807, 2.05) is 0 Å². The van der Waals surface area contributed by atoms with E-state index in [1.54, 1.807) is 74.9 Å². The molecule has 1 amide bonds. The van der Waals surface area contributed by atoms with Crippen LogP contribution in [-0.4, -0.2) is 42.3 Å². The molecule has 0 spiro atoms. The molecule has 5 rings (SSSR count). The van der Waals surface area contributed by atoms with Crippen LogP contribution in [-0.2, 0) is 4.74 Å². The number of carboxylic acids is 1. The zero-order valence-electron chi connectivity index (χ0n) is 21.1. The Morgan fingerprint density at radius 2 is 1.79 bits per heavy atom. The summed E-state index contributed by atoms with van der Waals surface area (Å²) in [5, 5.41) is 12.9. The Bertz CT molecular complexity index is 1730. The standard InChI is InChI=1S/C28H24FN5O4/c1-15-32-25-18(26(35)36)12-17(16-8-10-31-23(14-16)33-27(37)38-28(2,3)4)13-22(25)34(15)21-9-11-30-20-7-5-6-19(29)24(20)21/h5-14H,1-4H3,(H,35,36)(H,31,33,37). The Balaban J connectivity index is 1.69. The molecule has 0 aliphatic rings. The van der Waals surface area contributed by atoms with E-state index in [0.29, 0.717) is 39.1 Å². The molecule has 10 heteroatoms.